The molecule has 0 spiro atoms. The summed E-state index contributed by atoms with van der Waals surface area (Å²) in [6, 6.07) is 1.88. The standard InChI is InChI=1S/C10H12N4OS4/c1-5-6(3-7(18-5)8(15)12-11)4-17-10-14-13-9(16-2)19-10/h3H,4,11H2,1-2H3,(H,12,15). The van der Waals surface area contributed by atoms with Crippen LogP contribution in [0.2, 0.25) is 0 Å². The number of nitrogens with two attached hydrogens (primary N) is 1. The van der Waals surface area contributed by atoms with Gasteiger partial charge in [-0.2, -0.15) is 0 Å². The van der Waals surface area contributed by atoms with Gasteiger partial charge in [0.1, 0.15) is 0 Å². The van der Waals surface area contributed by atoms with Crippen LogP contribution < -0.4 is 11.3 Å². The first kappa shape index (κ1) is 14.8. The summed E-state index contributed by atoms with van der Waals surface area (Å²) in [5.41, 5.74) is 3.28. The Kier molecular flexibility index (Phi) is 5.22. The predicted octanol–water partition coefficient (Wildman–Crippen LogP) is 2.53. The fourth-order valence-corrected chi connectivity index (χ4v) is 4.85. The summed E-state index contributed by atoms with van der Waals surface area (Å²) in [6.07, 6.45) is 1.98. The monoisotopic (exact) mass is 332 g/mol. The Hall–Kier alpha value is -0.610. The molecule has 0 aromatic carbocycles. The van der Waals surface area contributed by atoms with Crippen molar-refractivity contribution in [3.8, 4) is 0 Å². The first-order valence-electron chi connectivity index (χ1n) is 5.24. The molecule has 2 aromatic heterocycles. The second kappa shape index (κ2) is 6.71. The molecule has 0 radical (unpaired) electrons. The third kappa shape index (κ3) is 3.69. The molecule has 0 saturated carbocycles. The number of hydrogen-bond donors (Lipinski definition) is 2. The quantitative estimate of drug-likeness (QED) is 0.379. The van der Waals surface area contributed by atoms with Gasteiger partial charge in [0, 0.05) is 10.6 Å². The van der Waals surface area contributed by atoms with E-state index in [9.17, 15) is 4.79 Å². The van der Waals surface area contributed by atoms with Crippen LogP contribution in [0.1, 0.15) is 20.1 Å². The van der Waals surface area contributed by atoms with E-state index in [1.807, 2.05) is 19.2 Å². The zero-order valence-corrected chi connectivity index (χ0v) is 13.6. The average molecular weight is 333 g/mol. The van der Waals surface area contributed by atoms with Crippen LogP contribution >= 0.6 is 46.2 Å². The summed E-state index contributed by atoms with van der Waals surface area (Å²) in [5.74, 6) is 5.67. The molecule has 0 aliphatic rings. The van der Waals surface area contributed by atoms with Crippen LogP contribution in [0, 0.1) is 6.92 Å². The minimum atomic E-state index is -0.245. The third-order valence-corrected chi connectivity index (χ3v) is 6.46. The van der Waals surface area contributed by atoms with Crippen molar-refractivity contribution in [2.75, 3.05) is 6.26 Å². The van der Waals surface area contributed by atoms with Crippen LogP contribution in [0.5, 0.6) is 0 Å². The molecule has 0 atom stereocenters. The number of carbonyl (C=O) groups excluding carboxylic acids is 1. The lowest BCUT2D eigenvalue weighted by Gasteiger charge is -1.95. The van der Waals surface area contributed by atoms with E-state index >= 15 is 0 Å². The van der Waals surface area contributed by atoms with Gasteiger partial charge in [0.05, 0.1) is 4.88 Å². The highest BCUT2D eigenvalue weighted by atomic mass is 32.2. The normalized spacial score (nSPS) is 10.7. The molecular formula is C10H12N4OS4. The van der Waals surface area contributed by atoms with Gasteiger partial charge < -0.3 is 0 Å². The Balaban J connectivity index is 2.03. The molecule has 2 aromatic rings. The molecule has 5 nitrogen and oxygen atoms in total. The molecule has 0 aliphatic heterocycles. The van der Waals surface area contributed by atoms with Gasteiger partial charge in [-0.15, -0.1) is 21.5 Å². The van der Waals surface area contributed by atoms with Crippen LogP contribution in [0.25, 0.3) is 0 Å². The molecule has 19 heavy (non-hydrogen) atoms. The number of rotatable bonds is 5. The van der Waals surface area contributed by atoms with E-state index in [0.717, 1.165) is 24.9 Å². The van der Waals surface area contributed by atoms with Crippen LogP contribution in [-0.2, 0) is 5.75 Å². The topological polar surface area (TPSA) is 80.9 Å². The van der Waals surface area contributed by atoms with Crippen LogP contribution in [0.3, 0.4) is 0 Å². The highest BCUT2D eigenvalue weighted by Crippen LogP contribution is 2.32. The first-order chi connectivity index (χ1) is 9.13. The molecule has 2 heterocycles. The van der Waals surface area contributed by atoms with Gasteiger partial charge in [-0.25, -0.2) is 5.84 Å². The minimum Gasteiger partial charge on any atom is -0.289 e. The largest absolute Gasteiger partial charge is 0.289 e. The number of nitrogen functional groups attached to an aromatic ring is 1. The minimum absolute atomic E-state index is 0.245. The van der Waals surface area contributed by atoms with Crippen molar-refractivity contribution in [3.63, 3.8) is 0 Å². The predicted molar refractivity (Wildman–Crippen MR) is 82.0 cm³/mol. The Morgan fingerprint density at radius 1 is 1.42 bits per heavy atom. The number of nitrogens with zero attached hydrogens (tertiary/aromatic N) is 2. The van der Waals surface area contributed by atoms with Crippen molar-refractivity contribution in [1.82, 2.24) is 15.6 Å². The highest BCUT2D eigenvalue weighted by molar-refractivity contribution is 8.02. The molecule has 0 saturated heterocycles. The number of hydrazine groups is 1. The molecule has 0 fully saturated rings. The van der Waals surface area contributed by atoms with E-state index in [1.165, 1.54) is 11.3 Å². The summed E-state index contributed by atoms with van der Waals surface area (Å²) < 4.78 is 1.91. The second-order valence-electron chi connectivity index (χ2n) is 3.49. The smallest absolute Gasteiger partial charge is 0.275 e. The van der Waals surface area contributed by atoms with Crippen molar-refractivity contribution >= 4 is 52.1 Å². The van der Waals surface area contributed by atoms with Crippen LogP contribution in [0.15, 0.2) is 14.7 Å². The van der Waals surface area contributed by atoms with E-state index in [2.05, 4.69) is 15.6 Å². The molecule has 9 heteroatoms. The molecule has 0 unspecified atom stereocenters. The zero-order chi connectivity index (χ0) is 13.8. The van der Waals surface area contributed by atoms with E-state index < -0.39 is 0 Å². The third-order valence-electron chi connectivity index (χ3n) is 2.29. The highest BCUT2D eigenvalue weighted by Gasteiger charge is 2.12. The number of amides is 1. The van der Waals surface area contributed by atoms with E-state index in [4.69, 9.17) is 5.84 Å². The summed E-state index contributed by atoms with van der Waals surface area (Å²) in [4.78, 5) is 13.2. The van der Waals surface area contributed by atoms with Crippen molar-refractivity contribution in [1.29, 1.82) is 0 Å². The van der Waals surface area contributed by atoms with Gasteiger partial charge in [-0.05, 0) is 24.8 Å². The van der Waals surface area contributed by atoms with Crippen LogP contribution in [0.4, 0.5) is 0 Å². The molecule has 0 aliphatic carbocycles. The maximum absolute atomic E-state index is 11.4. The van der Waals surface area contributed by atoms with Gasteiger partial charge in [0.15, 0.2) is 8.68 Å². The molecule has 2 rings (SSSR count). The average Bonchev–Trinajstić information content (AvgIpc) is 3.02. The fourth-order valence-electron chi connectivity index (χ4n) is 1.32. The molecule has 3 N–H and O–H groups in total. The number of carbonyl (C=O) groups is 1. The Morgan fingerprint density at radius 3 is 2.79 bits per heavy atom. The summed E-state index contributed by atoms with van der Waals surface area (Å²) in [6.45, 7) is 2.00. The van der Waals surface area contributed by atoms with Crippen LogP contribution in [-0.4, -0.2) is 22.4 Å². The maximum atomic E-state index is 11.4. The van der Waals surface area contributed by atoms with E-state index in [-0.39, 0.29) is 5.91 Å². The number of thioether (sulfide) groups is 2. The molecule has 102 valence electrons. The number of nitrogens with one attached hydrogen (secondary N) is 1. The molecular weight excluding hydrogens is 320 g/mol. The van der Waals surface area contributed by atoms with E-state index in [1.54, 1.807) is 34.9 Å². The molecule has 0 bridgehead atoms. The SMILES string of the molecule is CSc1nnc(SCc2cc(C(=O)NN)sc2C)s1. The van der Waals surface area contributed by atoms with E-state index in [0.29, 0.717) is 4.88 Å². The summed E-state index contributed by atoms with van der Waals surface area (Å²) in [5, 5.41) is 8.15. The lowest BCUT2D eigenvalue weighted by Crippen LogP contribution is -2.29. The van der Waals surface area contributed by atoms with Gasteiger partial charge in [-0.3, -0.25) is 10.2 Å². The first-order valence-corrected chi connectivity index (χ1v) is 9.09. The van der Waals surface area contributed by atoms with Gasteiger partial charge >= 0.3 is 0 Å². The lowest BCUT2D eigenvalue weighted by atomic mass is 10.3. The maximum Gasteiger partial charge on any atom is 0.275 e. The number of aromatic nitrogens is 2. The Morgan fingerprint density at radius 2 is 2.16 bits per heavy atom. The van der Waals surface area contributed by atoms with Crippen molar-refractivity contribution < 1.29 is 4.79 Å². The number of thiophene rings is 1. The van der Waals surface area contributed by atoms with Crippen molar-refractivity contribution in [3.05, 3.63) is 21.4 Å². The van der Waals surface area contributed by atoms with Crippen molar-refractivity contribution in [2.45, 2.75) is 21.4 Å². The van der Waals surface area contributed by atoms with Gasteiger partial charge in [0.2, 0.25) is 0 Å². The van der Waals surface area contributed by atoms with Gasteiger partial charge in [0.25, 0.3) is 5.91 Å². The summed E-state index contributed by atoms with van der Waals surface area (Å²) >= 11 is 6.26. The summed E-state index contributed by atoms with van der Waals surface area (Å²) in [7, 11) is 0. The molecule has 1 amide bonds. The Labute approximate surface area is 127 Å². The van der Waals surface area contributed by atoms with Crippen molar-refractivity contribution in [2.24, 2.45) is 5.84 Å². The zero-order valence-electron chi connectivity index (χ0n) is 10.3. The Bertz CT molecular complexity index is 580. The number of hydrogen-bond acceptors (Lipinski definition) is 8. The second-order valence-corrected chi connectivity index (χ2v) is 8.00. The van der Waals surface area contributed by atoms with Gasteiger partial charge in [-0.1, -0.05) is 34.9 Å². The number of aryl methyl sites for hydroxylation is 1. The lowest BCUT2D eigenvalue weighted by molar-refractivity contribution is 0.0957. The fraction of sp³-hybridized carbons (Fsp3) is 0.300.